The minimum absolute atomic E-state index is 0.126. The van der Waals surface area contributed by atoms with E-state index in [-0.39, 0.29) is 22.0 Å². The molecule has 2 rings (SSSR count). The van der Waals surface area contributed by atoms with Gasteiger partial charge < -0.3 is 21.7 Å². The highest BCUT2D eigenvalue weighted by Crippen LogP contribution is 2.36. The SMILES string of the molecule is CCC(C)(C)c1ccc(C(=O)O)c(CCCCCCc2c(C(=O)O)ccc(C(C)(C)CC)c2N)c1N. The highest BCUT2D eigenvalue weighted by atomic mass is 16.4. The monoisotopic (exact) mass is 496 g/mol. The van der Waals surface area contributed by atoms with E-state index in [1.165, 1.54) is 0 Å². The fourth-order valence-corrected chi connectivity index (χ4v) is 4.79. The van der Waals surface area contributed by atoms with Crippen LogP contribution in [0.3, 0.4) is 0 Å². The molecule has 0 aromatic heterocycles. The predicted octanol–water partition coefficient (Wildman–Crippen LogP) is 6.97. The van der Waals surface area contributed by atoms with Crippen LogP contribution in [0.25, 0.3) is 0 Å². The summed E-state index contributed by atoms with van der Waals surface area (Å²) in [5, 5.41) is 19.4. The van der Waals surface area contributed by atoms with Gasteiger partial charge >= 0.3 is 11.9 Å². The number of carbonyl (C=O) groups is 2. The molecule has 0 radical (unpaired) electrons. The molecule has 0 saturated heterocycles. The number of carboxylic acids is 2. The topological polar surface area (TPSA) is 127 Å². The molecule has 2 aromatic carbocycles. The number of hydrogen-bond donors (Lipinski definition) is 4. The van der Waals surface area contributed by atoms with Crippen LogP contribution in [-0.2, 0) is 23.7 Å². The summed E-state index contributed by atoms with van der Waals surface area (Å²) < 4.78 is 0. The van der Waals surface area contributed by atoms with E-state index in [4.69, 9.17) is 11.5 Å². The molecule has 0 heterocycles. The molecule has 0 aliphatic rings. The summed E-state index contributed by atoms with van der Waals surface area (Å²) >= 11 is 0. The number of aromatic carboxylic acids is 2. The van der Waals surface area contributed by atoms with Crippen molar-refractivity contribution in [1.29, 1.82) is 0 Å². The zero-order chi connectivity index (χ0) is 27.3. The van der Waals surface area contributed by atoms with E-state index in [1.807, 2.05) is 12.1 Å². The molecule has 6 N–H and O–H groups in total. The number of hydrogen-bond acceptors (Lipinski definition) is 4. The highest BCUT2D eigenvalue weighted by molar-refractivity contribution is 5.92. The van der Waals surface area contributed by atoms with Gasteiger partial charge in [0, 0.05) is 11.4 Å². The first-order valence-electron chi connectivity index (χ1n) is 13.1. The van der Waals surface area contributed by atoms with E-state index in [1.54, 1.807) is 12.1 Å². The van der Waals surface area contributed by atoms with Crippen LogP contribution in [-0.4, -0.2) is 22.2 Å². The third kappa shape index (κ3) is 6.40. The van der Waals surface area contributed by atoms with Crippen molar-refractivity contribution in [3.05, 3.63) is 57.6 Å². The minimum Gasteiger partial charge on any atom is -0.478 e. The van der Waals surface area contributed by atoms with Gasteiger partial charge in [0.15, 0.2) is 0 Å². The molecule has 0 aliphatic heterocycles. The summed E-state index contributed by atoms with van der Waals surface area (Å²) in [6.07, 6.45) is 6.41. The Kier molecular flexibility index (Phi) is 9.58. The lowest BCUT2D eigenvalue weighted by Crippen LogP contribution is -2.20. The van der Waals surface area contributed by atoms with E-state index in [2.05, 4.69) is 41.5 Å². The molecule has 0 saturated carbocycles. The van der Waals surface area contributed by atoms with Crippen molar-refractivity contribution in [2.24, 2.45) is 0 Å². The lowest BCUT2D eigenvalue weighted by Gasteiger charge is -2.27. The van der Waals surface area contributed by atoms with E-state index >= 15 is 0 Å². The molecule has 0 aliphatic carbocycles. The van der Waals surface area contributed by atoms with Gasteiger partial charge in [-0.2, -0.15) is 0 Å². The van der Waals surface area contributed by atoms with Gasteiger partial charge in [-0.25, -0.2) is 9.59 Å². The van der Waals surface area contributed by atoms with Gasteiger partial charge in [0.2, 0.25) is 0 Å². The minimum atomic E-state index is -0.955. The predicted molar refractivity (Wildman–Crippen MR) is 148 cm³/mol. The standard InChI is InChI=1S/C30H44N2O4/c1-7-29(3,4)23-17-15-21(27(33)34)19(25(23)31)13-11-9-10-12-14-20-22(28(35)36)16-18-24(26(20)32)30(5,6)8-2/h15-18H,7-14,31-32H2,1-6H3,(H,33,34)(H,35,36). The Morgan fingerprint density at radius 3 is 1.28 bits per heavy atom. The lowest BCUT2D eigenvalue weighted by molar-refractivity contribution is 0.0684. The third-order valence-corrected chi connectivity index (χ3v) is 8.00. The second-order valence-electron chi connectivity index (χ2n) is 11.1. The van der Waals surface area contributed by atoms with E-state index in [0.717, 1.165) is 49.7 Å². The number of rotatable bonds is 13. The Bertz CT molecular complexity index is 1020. The Balaban J connectivity index is 2.11. The molecule has 0 bridgehead atoms. The van der Waals surface area contributed by atoms with Gasteiger partial charge in [0.1, 0.15) is 0 Å². The lowest BCUT2D eigenvalue weighted by atomic mass is 9.79. The summed E-state index contributed by atoms with van der Waals surface area (Å²) in [7, 11) is 0. The van der Waals surface area contributed by atoms with Crippen molar-refractivity contribution in [2.75, 3.05) is 11.5 Å². The number of unbranched alkanes of at least 4 members (excludes halogenated alkanes) is 3. The number of carboxylic acid groups (broad SMARTS) is 2. The first-order chi connectivity index (χ1) is 16.8. The van der Waals surface area contributed by atoms with Crippen molar-refractivity contribution in [3.8, 4) is 0 Å². The van der Waals surface area contributed by atoms with Gasteiger partial charge in [0.25, 0.3) is 0 Å². The largest absolute Gasteiger partial charge is 0.478 e. The van der Waals surface area contributed by atoms with Crippen LogP contribution in [0.5, 0.6) is 0 Å². The second-order valence-corrected chi connectivity index (χ2v) is 11.1. The fourth-order valence-electron chi connectivity index (χ4n) is 4.79. The summed E-state index contributed by atoms with van der Waals surface area (Å²) in [6, 6.07) is 7.07. The van der Waals surface area contributed by atoms with Gasteiger partial charge in [-0.05, 0) is 83.7 Å². The quantitative estimate of drug-likeness (QED) is 0.175. The van der Waals surface area contributed by atoms with Crippen LogP contribution in [0.1, 0.15) is 123 Å². The Hall–Kier alpha value is -3.02. The number of benzene rings is 2. The maximum Gasteiger partial charge on any atom is 0.336 e. The Labute approximate surface area is 216 Å². The van der Waals surface area contributed by atoms with Crippen LogP contribution >= 0.6 is 0 Å². The Morgan fingerprint density at radius 1 is 0.667 bits per heavy atom. The smallest absolute Gasteiger partial charge is 0.336 e. The first kappa shape index (κ1) is 29.2. The summed E-state index contributed by atoms with van der Waals surface area (Å²) in [5.74, 6) is -1.91. The number of nitrogens with two attached hydrogens (primary N) is 2. The molecule has 6 heteroatoms. The summed E-state index contributed by atoms with van der Waals surface area (Å²) in [4.78, 5) is 23.6. The van der Waals surface area contributed by atoms with Crippen LogP contribution in [0.2, 0.25) is 0 Å². The van der Waals surface area contributed by atoms with E-state index in [0.29, 0.717) is 35.3 Å². The molecule has 0 amide bonds. The van der Waals surface area contributed by atoms with Gasteiger partial charge in [-0.1, -0.05) is 66.5 Å². The van der Waals surface area contributed by atoms with Gasteiger partial charge in [-0.15, -0.1) is 0 Å². The molecule has 6 nitrogen and oxygen atoms in total. The van der Waals surface area contributed by atoms with Crippen LogP contribution in [0.15, 0.2) is 24.3 Å². The highest BCUT2D eigenvalue weighted by Gasteiger charge is 2.26. The van der Waals surface area contributed by atoms with Crippen molar-refractivity contribution in [3.63, 3.8) is 0 Å². The van der Waals surface area contributed by atoms with Crippen molar-refractivity contribution in [2.45, 2.75) is 104 Å². The van der Waals surface area contributed by atoms with Crippen molar-refractivity contribution >= 4 is 23.3 Å². The molecule has 0 atom stereocenters. The molecular formula is C30H44N2O4. The fraction of sp³-hybridized carbons (Fsp3) is 0.533. The van der Waals surface area contributed by atoms with Gasteiger partial charge in [-0.3, -0.25) is 0 Å². The summed E-state index contributed by atoms with van der Waals surface area (Å²) in [6.45, 7) is 12.7. The second kappa shape index (κ2) is 11.8. The zero-order valence-corrected chi connectivity index (χ0v) is 22.8. The molecule has 0 spiro atoms. The van der Waals surface area contributed by atoms with E-state index < -0.39 is 11.9 Å². The summed E-state index contributed by atoms with van der Waals surface area (Å²) in [5.41, 5.74) is 17.9. The molecule has 0 unspecified atom stereocenters. The molecule has 2 aromatic rings. The van der Waals surface area contributed by atoms with Crippen LogP contribution < -0.4 is 11.5 Å². The maximum absolute atomic E-state index is 11.8. The molecule has 0 fully saturated rings. The average molecular weight is 497 g/mol. The van der Waals surface area contributed by atoms with Crippen LogP contribution in [0, 0.1) is 0 Å². The zero-order valence-electron chi connectivity index (χ0n) is 22.8. The molecule has 36 heavy (non-hydrogen) atoms. The van der Waals surface area contributed by atoms with Crippen molar-refractivity contribution in [1.82, 2.24) is 0 Å². The first-order valence-corrected chi connectivity index (χ1v) is 13.1. The van der Waals surface area contributed by atoms with E-state index in [9.17, 15) is 19.8 Å². The Morgan fingerprint density at radius 2 is 1.00 bits per heavy atom. The molecule has 198 valence electrons. The number of nitrogen functional groups attached to an aromatic ring is 2. The normalized spacial score (nSPS) is 12.1. The maximum atomic E-state index is 11.8. The molecular weight excluding hydrogens is 452 g/mol. The number of anilines is 2. The van der Waals surface area contributed by atoms with Gasteiger partial charge in [0.05, 0.1) is 11.1 Å². The third-order valence-electron chi connectivity index (χ3n) is 8.00. The van der Waals surface area contributed by atoms with Crippen LogP contribution in [0.4, 0.5) is 11.4 Å². The average Bonchev–Trinajstić information content (AvgIpc) is 2.81. The van der Waals surface area contributed by atoms with Crippen molar-refractivity contribution < 1.29 is 19.8 Å².